The molecule has 0 radical (unpaired) electrons. The molecular formula is C26H25N3O4S. The Labute approximate surface area is 203 Å². The third-order valence-electron chi connectivity index (χ3n) is 5.67. The van der Waals surface area contributed by atoms with Crippen molar-refractivity contribution in [2.75, 3.05) is 13.1 Å². The van der Waals surface area contributed by atoms with E-state index in [4.69, 9.17) is 17.0 Å². The summed E-state index contributed by atoms with van der Waals surface area (Å²) < 4.78 is 5.33. The van der Waals surface area contributed by atoms with Gasteiger partial charge in [-0.15, -0.1) is 0 Å². The predicted octanol–water partition coefficient (Wildman–Crippen LogP) is 2.72. The molecular weight excluding hydrogens is 450 g/mol. The van der Waals surface area contributed by atoms with Gasteiger partial charge < -0.3 is 20.3 Å². The number of thiocarbonyl (C=S) groups is 1. The lowest BCUT2D eigenvalue weighted by atomic mass is 10.0. The molecule has 1 aliphatic heterocycles. The van der Waals surface area contributed by atoms with Gasteiger partial charge in [0.2, 0.25) is 11.8 Å². The van der Waals surface area contributed by atoms with E-state index in [0.717, 1.165) is 21.9 Å². The average Bonchev–Trinajstić information content (AvgIpc) is 2.85. The van der Waals surface area contributed by atoms with Crippen LogP contribution < -0.4 is 10.6 Å². The number of carbonyl (C=O) groups excluding carboxylic acids is 3. The average molecular weight is 476 g/mol. The van der Waals surface area contributed by atoms with Gasteiger partial charge in [-0.2, -0.15) is 0 Å². The fourth-order valence-electron chi connectivity index (χ4n) is 3.97. The molecule has 1 aliphatic rings. The highest BCUT2D eigenvalue weighted by Gasteiger charge is 2.34. The van der Waals surface area contributed by atoms with E-state index in [1.165, 1.54) is 0 Å². The lowest BCUT2D eigenvalue weighted by Gasteiger charge is -2.36. The zero-order chi connectivity index (χ0) is 23.9. The second kappa shape index (κ2) is 10.9. The Hall–Kier alpha value is -3.78. The van der Waals surface area contributed by atoms with E-state index in [2.05, 4.69) is 10.6 Å². The second-order valence-electron chi connectivity index (χ2n) is 8.02. The minimum atomic E-state index is -0.845. The van der Waals surface area contributed by atoms with E-state index in [0.29, 0.717) is 13.1 Å². The lowest BCUT2D eigenvalue weighted by molar-refractivity contribution is -0.148. The van der Waals surface area contributed by atoms with Crippen LogP contribution in [0.3, 0.4) is 0 Å². The Bertz CT molecular complexity index is 1210. The number of benzene rings is 3. The maximum absolute atomic E-state index is 12.8. The molecule has 8 heteroatoms. The Morgan fingerprint density at radius 1 is 1.03 bits per heavy atom. The first-order chi connectivity index (χ1) is 16.5. The van der Waals surface area contributed by atoms with Crippen molar-refractivity contribution >= 4 is 45.9 Å². The summed E-state index contributed by atoms with van der Waals surface area (Å²) in [6.45, 7) is 0.879. The van der Waals surface area contributed by atoms with E-state index in [-0.39, 0.29) is 36.4 Å². The van der Waals surface area contributed by atoms with Gasteiger partial charge in [0.25, 0.3) is 0 Å². The topological polar surface area (TPSA) is 87.7 Å². The molecule has 1 unspecified atom stereocenters. The highest BCUT2D eigenvalue weighted by Crippen LogP contribution is 2.19. The predicted molar refractivity (Wildman–Crippen MR) is 133 cm³/mol. The normalized spacial score (nSPS) is 15.5. The van der Waals surface area contributed by atoms with Crippen LogP contribution in [0.1, 0.15) is 17.5 Å². The molecule has 34 heavy (non-hydrogen) atoms. The number of carbonyl (C=O) groups is 3. The number of amides is 2. The van der Waals surface area contributed by atoms with Gasteiger partial charge in [-0.05, 0) is 34.1 Å². The number of hydrogen-bond acceptors (Lipinski definition) is 5. The molecule has 0 bridgehead atoms. The van der Waals surface area contributed by atoms with Gasteiger partial charge in [0.15, 0.2) is 5.11 Å². The first-order valence-corrected chi connectivity index (χ1v) is 11.5. The molecule has 4 rings (SSSR count). The summed E-state index contributed by atoms with van der Waals surface area (Å²) in [7, 11) is 0. The lowest BCUT2D eigenvalue weighted by Crippen LogP contribution is -2.60. The summed E-state index contributed by atoms with van der Waals surface area (Å²) in [5, 5.41) is 7.66. The van der Waals surface area contributed by atoms with Gasteiger partial charge in [0.1, 0.15) is 12.6 Å². The summed E-state index contributed by atoms with van der Waals surface area (Å²) in [4.78, 5) is 39.3. The SMILES string of the molecule is O=C(Cc1cccc2ccccc12)NC(=S)N1CCNC(=O)C1CC(=O)OCc1ccccc1. The highest BCUT2D eigenvalue weighted by atomic mass is 32.1. The quantitative estimate of drug-likeness (QED) is 0.421. The van der Waals surface area contributed by atoms with Crippen LogP contribution in [0, 0.1) is 0 Å². The third kappa shape index (κ3) is 5.77. The summed E-state index contributed by atoms with van der Waals surface area (Å²) in [6.07, 6.45) is -0.0245. The van der Waals surface area contributed by atoms with E-state index in [9.17, 15) is 14.4 Å². The fraction of sp³-hybridized carbons (Fsp3) is 0.231. The van der Waals surface area contributed by atoms with Gasteiger partial charge >= 0.3 is 5.97 Å². The molecule has 0 spiro atoms. The number of ether oxygens (including phenoxy) is 1. The van der Waals surface area contributed by atoms with Crippen molar-refractivity contribution < 1.29 is 19.1 Å². The van der Waals surface area contributed by atoms with Crippen molar-refractivity contribution in [3.8, 4) is 0 Å². The van der Waals surface area contributed by atoms with Crippen molar-refractivity contribution in [3.05, 3.63) is 83.9 Å². The number of piperazine rings is 1. The largest absolute Gasteiger partial charge is 0.461 e. The first-order valence-electron chi connectivity index (χ1n) is 11.1. The molecule has 3 aromatic rings. The minimum Gasteiger partial charge on any atom is -0.461 e. The summed E-state index contributed by atoms with van der Waals surface area (Å²) >= 11 is 5.45. The van der Waals surface area contributed by atoms with Crippen LogP contribution in [0.25, 0.3) is 10.8 Å². The monoisotopic (exact) mass is 475 g/mol. The highest BCUT2D eigenvalue weighted by molar-refractivity contribution is 7.80. The number of fused-ring (bicyclic) bond motifs is 1. The van der Waals surface area contributed by atoms with Gasteiger partial charge in [0, 0.05) is 13.1 Å². The number of nitrogens with one attached hydrogen (secondary N) is 2. The van der Waals surface area contributed by atoms with Crippen molar-refractivity contribution in [1.82, 2.24) is 15.5 Å². The molecule has 3 aromatic carbocycles. The van der Waals surface area contributed by atoms with Crippen LogP contribution in [0.4, 0.5) is 0 Å². The Kier molecular flexibility index (Phi) is 7.49. The third-order valence-corrected chi connectivity index (χ3v) is 6.01. The number of esters is 1. The van der Waals surface area contributed by atoms with E-state index < -0.39 is 12.0 Å². The number of nitrogens with zero attached hydrogens (tertiary/aromatic N) is 1. The number of rotatable bonds is 6. The molecule has 0 saturated carbocycles. The second-order valence-corrected chi connectivity index (χ2v) is 8.41. The molecule has 7 nitrogen and oxygen atoms in total. The van der Waals surface area contributed by atoms with Gasteiger partial charge in [-0.1, -0.05) is 72.8 Å². The summed E-state index contributed by atoms with van der Waals surface area (Å²) in [5.41, 5.74) is 1.74. The zero-order valence-corrected chi connectivity index (χ0v) is 19.3. The van der Waals surface area contributed by atoms with Crippen molar-refractivity contribution in [3.63, 3.8) is 0 Å². The van der Waals surface area contributed by atoms with E-state index in [1.807, 2.05) is 72.8 Å². The van der Waals surface area contributed by atoms with Gasteiger partial charge in [-0.3, -0.25) is 14.4 Å². The van der Waals surface area contributed by atoms with Crippen LogP contribution >= 0.6 is 12.2 Å². The summed E-state index contributed by atoms with van der Waals surface area (Å²) in [5.74, 6) is -1.12. The summed E-state index contributed by atoms with van der Waals surface area (Å²) in [6, 6.07) is 22.1. The number of hydrogen-bond donors (Lipinski definition) is 2. The molecule has 1 atom stereocenters. The van der Waals surface area contributed by atoms with Gasteiger partial charge in [-0.25, -0.2) is 0 Å². The Morgan fingerprint density at radius 2 is 1.76 bits per heavy atom. The molecule has 0 aliphatic carbocycles. The fourth-order valence-corrected chi connectivity index (χ4v) is 4.30. The zero-order valence-electron chi connectivity index (χ0n) is 18.5. The molecule has 1 heterocycles. The van der Waals surface area contributed by atoms with Crippen molar-refractivity contribution in [2.45, 2.75) is 25.5 Å². The standard InChI is InChI=1S/C26H25N3O4S/c30-23(15-20-11-6-10-19-9-4-5-12-21(19)20)28-26(34)29-14-13-27-25(32)22(29)16-24(31)33-17-18-7-2-1-3-8-18/h1-12,22H,13-17H2,(H,27,32)(H,28,30,34). The van der Waals surface area contributed by atoms with Crippen molar-refractivity contribution in [1.29, 1.82) is 0 Å². The maximum Gasteiger partial charge on any atom is 0.308 e. The van der Waals surface area contributed by atoms with Crippen molar-refractivity contribution in [2.24, 2.45) is 0 Å². The Morgan fingerprint density at radius 3 is 2.59 bits per heavy atom. The molecule has 0 aromatic heterocycles. The maximum atomic E-state index is 12.8. The van der Waals surface area contributed by atoms with Crippen LogP contribution in [-0.2, 0) is 32.1 Å². The van der Waals surface area contributed by atoms with Crippen LogP contribution in [0.15, 0.2) is 72.8 Å². The molecule has 174 valence electrons. The smallest absolute Gasteiger partial charge is 0.308 e. The van der Waals surface area contributed by atoms with Crippen LogP contribution in [-0.4, -0.2) is 46.9 Å². The van der Waals surface area contributed by atoms with Gasteiger partial charge in [0.05, 0.1) is 12.8 Å². The van der Waals surface area contributed by atoms with E-state index in [1.54, 1.807) is 4.90 Å². The molecule has 1 fully saturated rings. The van der Waals surface area contributed by atoms with Crippen LogP contribution in [0.2, 0.25) is 0 Å². The molecule has 2 N–H and O–H groups in total. The first kappa shape index (κ1) is 23.4. The Balaban J connectivity index is 1.37. The molecule has 2 amide bonds. The minimum absolute atomic E-state index is 0.125. The van der Waals surface area contributed by atoms with Crippen LogP contribution in [0.5, 0.6) is 0 Å². The van der Waals surface area contributed by atoms with E-state index >= 15 is 0 Å². The molecule has 1 saturated heterocycles.